The predicted octanol–water partition coefficient (Wildman–Crippen LogP) is 2.20. The highest BCUT2D eigenvalue weighted by Gasteiger charge is 2.23. The Hall–Kier alpha value is -0.830. The van der Waals surface area contributed by atoms with Gasteiger partial charge in [0.05, 0.1) is 17.8 Å². The Morgan fingerprint density at radius 3 is 2.86 bits per heavy atom. The van der Waals surface area contributed by atoms with Crippen LogP contribution in [0.25, 0.3) is 0 Å². The fourth-order valence-electron chi connectivity index (χ4n) is 1.59. The molecule has 1 saturated carbocycles. The third-order valence-corrected chi connectivity index (χ3v) is 3.07. The predicted molar refractivity (Wildman–Crippen MR) is 57.6 cm³/mol. The standard InChI is InChI=1S/C10H14ClN3/c1-14(9-3-2-4-9)10-7-12-6-8(5-11)13-10/h6-7,9H,2-5H2,1H3. The number of nitrogens with zero attached hydrogens (tertiary/aromatic N) is 3. The van der Waals surface area contributed by atoms with Crippen LogP contribution in [-0.4, -0.2) is 23.1 Å². The molecular weight excluding hydrogens is 198 g/mol. The van der Waals surface area contributed by atoms with Crippen molar-refractivity contribution in [1.29, 1.82) is 0 Å². The summed E-state index contributed by atoms with van der Waals surface area (Å²) in [5.41, 5.74) is 0.843. The smallest absolute Gasteiger partial charge is 0.147 e. The van der Waals surface area contributed by atoms with Crippen LogP contribution in [0, 0.1) is 0 Å². The van der Waals surface area contributed by atoms with E-state index in [-0.39, 0.29) is 0 Å². The molecule has 1 heterocycles. The van der Waals surface area contributed by atoms with Gasteiger partial charge in [-0.05, 0) is 19.3 Å². The van der Waals surface area contributed by atoms with Gasteiger partial charge in [-0.15, -0.1) is 11.6 Å². The van der Waals surface area contributed by atoms with E-state index in [1.165, 1.54) is 19.3 Å². The molecule has 3 nitrogen and oxygen atoms in total. The molecule has 0 aliphatic heterocycles. The first-order valence-electron chi connectivity index (χ1n) is 4.91. The molecule has 1 aromatic heterocycles. The van der Waals surface area contributed by atoms with Crippen molar-refractivity contribution in [1.82, 2.24) is 9.97 Å². The fourth-order valence-corrected chi connectivity index (χ4v) is 1.72. The molecule has 76 valence electrons. The van der Waals surface area contributed by atoms with Gasteiger partial charge in [0.15, 0.2) is 0 Å². The van der Waals surface area contributed by atoms with Gasteiger partial charge in [0.2, 0.25) is 0 Å². The molecule has 1 fully saturated rings. The van der Waals surface area contributed by atoms with Crippen molar-refractivity contribution in [3.05, 3.63) is 18.1 Å². The quantitative estimate of drug-likeness (QED) is 0.718. The molecule has 0 unspecified atom stereocenters. The summed E-state index contributed by atoms with van der Waals surface area (Å²) < 4.78 is 0. The maximum atomic E-state index is 5.71. The molecular formula is C10H14ClN3. The molecule has 2 rings (SSSR count). The van der Waals surface area contributed by atoms with Crippen molar-refractivity contribution in [3.63, 3.8) is 0 Å². The second-order valence-corrected chi connectivity index (χ2v) is 3.97. The maximum Gasteiger partial charge on any atom is 0.147 e. The van der Waals surface area contributed by atoms with E-state index in [0.29, 0.717) is 11.9 Å². The zero-order chi connectivity index (χ0) is 9.97. The molecule has 0 N–H and O–H groups in total. The highest BCUT2D eigenvalue weighted by atomic mass is 35.5. The van der Waals surface area contributed by atoms with Crippen LogP contribution in [0.1, 0.15) is 25.0 Å². The second-order valence-electron chi connectivity index (χ2n) is 3.70. The minimum absolute atomic E-state index is 0.430. The molecule has 0 spiro atoms. The van der Waals surface area contributed by atoms with Gasteiger partial charge in [-0.1, -0.05) is 0 Å². The summed E-state index contributed by atoms with van der Waals surface area (Å²) in [7, 11) is 2.08. The molecule has 1 aromatic rings. The lowest BCUT2D eigenvalue weighted by atomic mass is 9.92. The van der Waals surface area contributed by atoms with Crippen molar-refractivity contribution < 1.29 is 0 Å². The lowest BCUT2D eigenvalue weighted by Gasteiger charge is -2.35. The summed E-state index contributed by atoms with van der Waals surface area (Å²) in [6.45, 7) is 0. The normalized spacial score (nSPS) is 16.4. The van der Waals surface area contributed by atoms with Gasteiger partial charge in [0.1, 0.15) is 5.82 Å². The zero-order valence-corrected chi connectivity index (χ0v) is 9.04. The van der Waals surface area contributed by atoms with Gasteiger partial charge >= 0.3 is 0 Å². The monoisotopic (exact) mass is 211 g/mol. The Labute approximate surface area is 89.1 Å². The molecule has 1 aliphatic carbocycles. The molecule has 1 aliphatic rings. The van der Waals surface area contributed by atoms with Crippen LogP contribution in [0.3, 0.4) is 0 Å². The molecule has 0 bridgehead atoms. The van der Waals surface area contributed by atoms with E-state index in [1.54, 1.807) is 12.4 Å². The van der Waals surface area contributed by atoms with Crippen molar-refractivity contribution in [3.8, 4) is 0 Å². The zero-order valence-electron chi connectivity index (χ0n) is 8.28. The first-order chi connectivity index (χ1) is 6.81. The summed E-state index contributed by atoms with van der Waals surface area (Å²) in [5.74, 6) is 1.37. The molecule has 14 heavy (non-hydrogen) atoms. The van der Waals surface area contributed by atoms with E-state index >= 15 is 0 Å². The average molecular weight is 212 g/mol. The largest absolute Gasteiger partial charge is 0.355 e. The molecule has 0 atom stereocenters. The number of anilines is 1. The number of rotatable bonds is 3. The van der Waals surface area contributed by atoms with Crippen molar-refractivity contribution in [2.45, 2.75) is 31.2 Å². The fraction of sp³-hybridized carbons (Fsp3) is 0.600. The van der Waals surface area contributed by atoms with Crippen LogP contribution in [0.2, 0.25) is 0 Å². The summed E-state index contributed by atoms with van der Waals surface area (Å²) >= 11 is 5.71. The Balaban J connectivity index is 2.13. The number of aromatic nitrogens is 2. The molecule has 4 heteroatoms. The van der Waals surface area contributed by atoms with Gasteiger partial charge in [-0.2, -0.15) is 0 Å². The molecule has 0 saturated heterocycles. The highest BCUT2D eigenvalue weighted by Crippen LogP contribution is 2.26. The minimum Gasteiger partial charge on any atom is -0.355 e. The molecule has 0 aromatic carbocycles. The van der Waals surface area contributed by atoms with Gasteiger partial charge in [-0.25, -0.2) is 4.98 Å². The summed E-state index contributed by atoms with van der Waals surface area (Å²) in [5, 5.41) is 0. The summed E-state index contributed by atoms with van der Waals surface area (Å²) in [4.78, 5) is 10.8. The van der Waals surface area contributed by atoms with Crippen LogP contribution in [0.5, 0.6) is 0 Å². The third-order valence-electron chi connectivity index (χ3n) is 2.79. The van der Waals surface area contributed by atoms with Gasteiger partial charge < -0.3 is 4.90 Å². The number of halogens is 1. The SMILES string of the molecule is CN(c1cncc(CCl)n1)C1CCC1. The lowest BCUT2D eigenvalue weighted by molar-refractivity contribution is 0.399. The third kappa shape index (κ3) is 1.82. The van der Waals surface area contributed by atoms with Gasteiger partial charge in [-0.3, -0.25) is 4.98 Å². The summed E-state index contributed by atoms with van der Waals surface area (Å²) in [6.07, 6.45) is 7.38. The van der Waals surface area contributed by atoms with Crippen molar-refractivity contribution in [2.24, 2.45) is 0 Å². The van der Waals surface area contributed by atoms with Crippen molar-refractivity contribution in [2.75, 3.05) is 11.9 Å². The van der Waals surface area contributed by atoms with E-state index in [0.717, 1.165) is 11.5 Å². The van der Waals surface area contributed by atoms with E-state index in [4.69, 9.17) is 11.6 Å². The number of hydrogen-bond donors (Lipinski definition) is 0. The van der Waals surface area contributed by atoms with Crippen LogP contribution in [0.15, 0.2) is 12.4 Å². The minimum atomic E-state index is 0.430. The number of hydrogen-bond acceptors (Lipinski definition) is 3. The second kappa shape index (κ2) is 4.13. The van der Waals surface area contributed by atoms with E-state index < -0.39 is 0 Å². The van der Waals surface area contributed by atoms with Crippen LogP contribution >= 0.6 is 11.6 Å². The van der Waals surface area contributed by atoms with Crippen LogP contribution < -0.4 is 4.90 Å². The average Bonchev–Trinajstić information content (AvgIpc) is 2.15. The number of alkyl halides is 1. The van der Waals surface area contributed by atoms with Crippen LogP contribution in [-0.2, 0) is 5.88 Å². The first kappa shape index (κ1) is 9.71. The molecule has 0 amide bonds. The first-order valence-corrected chi connectivity index (χ1v) is 5.44. The maximum absolute atomic E-state index is 5.71. The van der Waals surface area contributed by atoms with Crippen molar-refractivity contribution >= 4 is 17.4 Å². The Morgan fingerprint density at radius 1 is 1.50 bits per heavy atom. The topological polar surface area (TPSA) is 29.0 Å². The lowest BCUT2D eigenvalue weighted by Crippen LogP contribution is -2.37. The Kier molecular flexibility index (Phi) is 2.87. The Morgan fingerprint density at radius 2 is 2.29 bits per heavy atom. The van der Waals surface area contributed by atoms with Gasteiger partial charge in [0.25, 0.3) is 0 Å². The molecule has 0 radical (unpaired) electrons. The summed E-state index contributed by atoms with van der Waals surface area (Å²) in [6, 6.07) is 0.648. The van der Waals surface area contributed by atoms with E-state index in [1.807, 2.05) is 0 Å². The van der Waals surface area contributed by atoms with Gasteiger partial charge in [0, 0.05) is 19.3 Å². The highest BCUT2D eigenvalue weighted by molar-refractivity contribution is 6.16. The van der Waals surface area contributed by atoms with E-state index in [2.05, 4.69) is 21.9 Å². The van der Waals surface area contributed by atoms with E-state index in [9.17, 15) is 0 Å². The van der Waals surface area contributed by atoms with Crippen LogP contribution in [0.4, 0.5) is 5.82 Å². The Bertz CT molecular complexity index is 312.